The predicted molar refractivity (Wildman–Crippen MR) is 71.6 cm³/mol. The van der Waals surface area contributed by atoms with Crippen molar-refractivity contribution >= 4 is 0 Å². The number of nitrogens with one attached hydrogen (secondary N) is 1. The molecule has 1 nitrogen and oxygen atoms in total. The smallest absolute Gasteiger partial charge is 0.194 e. The van der Waals surface area contributed by atoms with Crippen LogP contribution >= 0.6 is 0 Å². The molecular formula is C16H13F4N. The minimum atomic E-state index is -1.50. The van der Waals surface area contributed by atoms with Gasteiger partial charge < -0.3 is 5.32 Å². The average Bonchev–Trinajstić information content (AvgIpc) is 3.26. The fourth-order valence-corrected chi connectivity index (χ4v) is 2.24. The topological polar surface area (TPSA) is 12.0 Å². The zero-order chi connectivity index (χ0) is 15.0. The van der Waals surface area contributed by atoms with E-state index in [2.05, 4.69) is 5.32 Å². The summed E-state index contributed by atoms with van der Waals surface area (Å²) in [6, 6.07) is 6.26. The molecule has 1 N–H and O–H groups in total. The summed E-state index contributed by atoms with van der Waals surface area (Å²) in [4.78, 5) is 0. The molecule has 110 valence electrons. The van der Waals surface area contributed by atoms with Crippen LogP contribution in [0.3, 0.4) is 0 Å². The molecule has 0 atom stereocenters. The highest BCUT2D eigenvalue weighted by Crippen LogP contribution is 2.28. The Morgan fingerprint density at radius 1 is 0.952 bits per heavy atom. The highest BCUT2D eigenvalue weighted by atomic mass is 19.2. The van der Waals surface area contributed by atoms with E-state index in [-0.39, 0.29) is 5.56 Å². The highest BCUT2D eigenvalue weighted by molar-refractivity contribution is 5.67. The molecule has 0 unspecified atom stereocenters. The van der Waals surface area contributed by atoms with Crippen molar-refractivity contribution in [2.75, 3.05) is 0 Å². The fraction of sp³-hybridized carbons (Fsp3) is 0.250. The maximum atomic E-state index is 13.4. The molecule has 0 saturated heterocycles. The van der Waals surface area contributed by atoms with Gasteiger partial charge in [0.25, 0.3) is 0 Å². The first kappa shape index (κ1) is 14.1. The summed E-state index contributed by atoms with van der Waals surface area (Å²) < 4.78 is 53.1. The van der Waals surface area contributed by atoms with Gasteiger partial charge in [-0.3, -0.25) is 0 Å². The first-order valence-corrected chi connectivity index (χ1v) is 6.71. The van der Waals surface area contributed by atoms with Crippen molar-refractivity contribution in [3.8, 4) is 11.1 Å². The van der Waals surface area contributed by atoms with Crippen LogP contribution in [0.15, 0.2) is 30.3 Å². The quantitative estimate of drug-likeness (QED) is 0.659. The highest BCUT2D eigenvalue weighted by Gasteiger charge is 2.21. The van der Waals surface area contributed by atoms with Crippen molar-refractivity contribution in [1.82, 2.24) is 5.32 Å². The van der Waals surface area contributed by atoms with Crippen molar-refractivity contribution < 1.29 is 17.6 Å². The lowest BCUT2D eigenvalue weighted by Crippen LogP contribution is -2.16. The average molecular weight is 295 g/mol. The lowest BCUT2D eigenvalue weighted by Gasteiger charge is -2.11. The number of rotatable bonds is 4. The Balaban J connectivity index is 1.99. The minimum absolute atomic E-state index is 0.194. The van der Waals surface area contributed by atoms with Crippen molar-refractivity contribution in [2.45, 2.75) is 25.4 Å². The van der Waals surface area contributed by atoms with Gasteiger partial charge in [-0.1, -0.05) is 6.07 Å². The van der Waals surface area contributed by atoms with Crippen LogP contribution in [-0.4, -0.2) is 6.04 Å². The maximum absolute atomic E-state index is 13.4. The molecule has 0 spiro atoms. The number of benzene rings is 2. The normalized spacial score (nSPS) is 14.5. The molecule has 1 fully saturated rings. The van der Waals surface area contributed by atoms with Crippen molar-refractivity contribution in [1.29, 1.82) is 0 Å². The van der Waals surface area contributed by atoms with Crippen LogP contribution in [0.4, 0.5) is 17.6 Å². The van der Waals surface area contributed by atoms with E-state index in [4.69, 9.17) is 0 Å². The van der Waals surface area contributed by atoms with Crippen LogP contribution in [0.5, 0.6) is 0 Å². The first-order chi connectivity index (χ1) is 10.0. The zero-order valence-corrected chi connectivity index (χ0v) is 11.1. The molecule has 3 rings (SSSR count). The molecule has 2 aromatic carbocycles. The van der Waals surface area contributed by atoms with Gasteiger partial charge in [0.05, 0.1) is 0 Å². The van der Waals surface area contributed by atoms with Gasteiger partial charge >= 0.3 is 0 Å². The lowest BCUT2D eigenvalue weighted by molar-refractivity contribution is 0.447. The zero-order valence-electron chi connectivity index (χ0n) is 11.1. The summed E-state index contributed by atoms with van der Waals surface area (Å²) in [5.74, 6) is -4.43. The van der Waals surface area contributed by atoms with Crippen LogP contribution in [-0.2, 0) is 6.54 Å². The van der Waals surface area contributed by atoms with E-state index in [9.17, 15) is 17.6 Å². The van der Waals surface area contributed by atoms with E-state index >= 15 is 0 Å². The second-order valence-corrected chi connectivity index (χ2v) is 5.21. The number of hydrogen-bond acceptors (Lipinski definition) is 1. The Morgan fingerprint density at radius 3 is 2.24 bits per heavy atom. The molecule has 1 aliphatic rings. The van der Waals surface area contributed by atoms with E-state index in [1.165, 1.54) is 18.2 Å². The van der Waals surface area contributed by atoms with Crippen LogP contribution in [0.1, 0.15) is 18.4 Å². The van der Waals surface area contributed by atoms with Gasteiger partial charge in [-0.25, -0.2) is 17.6 Å². The summed E-state index contributed by atoms with van der Waals surface area (Å²) in [7, 11) is 0. The molecule has 2 aromatic rings. The number of halogens is 4. The summed E-state index contributed by atoms with van der Waals surface area (Å²) in [6.07, 6.45) is 2.15. The molecule has 1 aliphatic carbocycles. The predicted octanol–water partition coefficient (Wildman–Crippen LogP) is 4.16. The van der Waals surface area contributed by atoms with Crippen LogP contribution in [0.25, 0.3) is 11.1 Å². The lowest BCUT2D eigenvalue weighted by atomic mass is 9.99. The maximum Gasteiger partial charge on any atom is 0.194 e. The Morgan fingerprint density at radius 2 is 1.62 bits per heavy atom. The standard InChI is InChI=1S/C16H13F4N/c17-11-1-4-13(10(5-11)8-21-12-2-3-12)9-6-14(18)16(20)15(19)7-9/h1,4-7,12,21H,2-3,8H2. The Bertz CT molecular complexity index is 657. The van der Waals surface area contributed by atoms with Crippen LogP contribution in [0, 0.1) is 23.3 Å². The molecular weight excluding hydrogens is 282 g/mol. The van der Waals surface area contributed by atoms with Gasteiger partial charge in [0, 0.05) is 12.6 Å². The van der Waals surface area contributed by atoms with Gasteiger partial charge in [-0.15, -0.1) is 0 Å². The Hall–Kier alpha value is -1.88. The summed E-state index contributed by atoms with van der Waals surface area (Å²) in [5, 5.41) is 3.22. The van der Waals surface area contributed by atoms with E-state index < -0.39 is 23.3 Å². The third-order valence-electron chi connectivity index (χ3n) is 3.52. The largest absolute Gasteiger partial charge is 0.310 e. The summed E-state index contributed by atoms with van der Waals surface area (Å²) >= 11 is 0. The van der Waals surface area contributed by atoms with Gasteiger partial charge in [-0.05, 0) is 53.8 Å². The molecule has 1 saturated carbocycles. The van der Waals surface area contributed by atoms with Crippen molar-refractivity contribution in [3.63, 3.8) is 0 Å². The second kappa shape index (κ2) is 5.48. The third-order valence-corrected chi connectivity index (χ3v) is 3.52. The van der Waals surface area contributed by atoms with Crippen molar-refractivity contribution in [2.24, 2.45) is 0 Å². The van der Waals surface area contributed by atoms with Gasteiger partial charge in [0.1, 0.15) is 5.82 Å². The summed E-state index contributed by atoms with van der Waals surface area (Å²) in [5.41, 5.74) is 1.27. The van der Waals surface area contributed by atoms with Crippen molar-refractivity contribution in [3.05, 3.63) is 59.2 Å². The molecule has 0 aliphatic heterocycles. The van der Waals surface area contributed by atoms with Gasteiger partial charge in [-0.2, -0.15) is 0 Å². The monoisotopic (exact) mass is 295 g/mol. The van der Waals surface area contributed by atoms with E-state index in [1.54, 1.807) is 0 Å². The Labute approximate surface area is 119 Å². The van der Waals surface area contributed by atoms with Gasteiger partial charge in [0.15, 0.2) is 17.5 Å². The molecule has 5 heteroatoms. The second-order valence-electron chi connectivity index (χ2n) is 5.21. The van der Waals surface area contributed by atoms with Crippen LogP contribution in [0.2, 0.25) is 0 Å². The van der Waals surface area contributed by atoms with Gasteiger partial charge in [0.2, 0.25) is 0 Å². The molecule has 0 aromatic heterocycles. The third kappa shape index (κ3) is 3.08. The summed E-state index contributed by atoms with van der Waals surface area (Å²) in [6.45, 7) is 0.401. The molecule has 0 amide bonds. The molecule has 0 bridgehead atoms. The number of hydrogen-bond donors (Lipinski definition) is 1. The van der Waals surface area contributed by atoms with Crippen LogP contribution < -0.4 is 5.32 Å². The Kier molecular flexibility index (Phi) is 3.68. The molecule has 0 heterocycles. The van der Waals surface area contributed by atoms with E-state index in [1.807, 2.05) is 0 Å². The first-order valence-electron chi connectivity index (χ1n) is 6.71. The van der Waals surface area contributed by atoms with E-state index in [0.717, 1.165) is 25.0 Å². The van der Waals surface area contributed by atoms with E-state index in [0.29, 0.717) is 23.7 Å². The molecule has 21 heavy (non-hydrogen) atoms. The minimum Gasteiger partial charge on any atom is -0.310 e. The fourth-order valence-electron chi connectivity index (χ4n) is 2.24. The SMILES string of the molecule is Fc1ccc(-c2cc(F)c(F)c(F)c2)c(CNC2CC2)c1. The molecule has 0 radical (unpaired) electrons.